The zero-order valence-corrected chi connectivity index (χ0v) is 26.2. The van der Waals surface area contributed by atoms with Crippen molar-refractivity contribution in [2.75, 3.05) is 31.7 Å². The number of rotatable bonds is 14. The van der Waals surface area contributed by atoms with Gasteiger partial charge in [-0.25, -0.2) is 13.8 Å². The van der Waals surface area contributed by atoms with Gasteiger partial charge < -0.3 is 19.5 Å². The number of nitrogens with one attached hydrogen (secondary N) is 2. The van der Waals surface area contributed by atoms with Gasteiger partial charge in [-0.3, -0.25) is 24.0 Å². The Morgan fingerprint density at radius 3 is 2.35 bits per heavy atom. The van der Waals surface area contributed by atoms with Gasteiger partial charge in [0.2, 0.25) is 0 Å². The third kappa shape index (κ3) is 8.72. The van der Waals surface area contributed by atoms with Gasteiger partial charge in [0.25, 0.3) is 27.5 Å². The van der Waals surface area contributed by atoms with Crippen LogP contribution in [0.2, 0.25) is 0 Å². The van der Waals surface area contributed by atoms with Gasteiger partial charge in [-0.05, 0) is 60.9 Å². The first-order valence-corrected chi connectivity index (χ1v) is 15.9. The topological polar surface area (TPSA) is 179 Å². The number of nitro groups is 1. The average molecular weight is 654 g/mol. The molecule has 46 heavy (non-hydrogen) atoms. The highest BCUT2D eigenvalue weighted by Crippen LogP contribution is 2.37. The van der Waals surface area contributed by atoms with Crippen LogP contribution in [0.15, 0.2) is 76.7 Å². The SMILES string of the molecule is COc1ccc(N(CC(=O)N/N=C/c2ccc(OCC(=O)NC3CCCCC3)cc2)S(=O)(=O)c2ccccc2[N+](=O)[O-])c(OC)c1. The summed E-state index contributed by atoms with van der Waals surface area (Å²) >= 11 is 0. The first-order valence-electron chi connectivity index (χ1n) is 14.4. The third-order valence-electron chi connectivity index (χ3n) is 7.20. The number of nitrogens with zero attached hydrogens (tertiary/aromatic N) is 3. The Balaban J connectivity index is 1.44. The highest BCUT2D eigenvalue weighted by molar-refractivity contribution is 7.93. The number of hydrogen-bond acceptors (Lipinski definition) is 10. The molecule has 4 rings (SSSR count). The molecule has 0 aromatic heterocycles. The lowest BCUT2D eigenvalue weighted by atomic mass is 9.95. The Labute approximate surface area is 266 Å². The van der Waals surface area contributed by atoms with Crippen LogP contribution >= 0.6 is 0 Å². The van der Waals surface area contributed by atoms with Gasteiger partial charge in [-0.1, -0.05) is 31.4 Å². The van der Waals surface area contributed by atoms with Crippen LogP contribution in [0.5, 0.6) is 17.2 Å². The van der Waals surface area contributed by atoms with Crippen LogP contribution in [0.4, 0.5) is 11.4 Å². The maximum atomic E-state index is 13.8. The summed E-state index contributed by atoms with van der Waals surface area (Å²) in [6.45, 7) is -0.894. The average Bonchev–Trinajstić information content (AvgIpc) is 3.07. The molecule has 0 unspecified atom stereocenters. The van der Waals surface area contributed by atoms with Gasteiger partial charge in [0.05, 0.1) is 31.0 Å². The van der Waals surface area contributed by atoms with Crippen LogP contribution in [0.25, 0.3) is 0 Å². The summed E-state index contributed by atoms with van der Waals surface area (Å²) in [7, 11) is -1.94. The minimum Gasteiger partial charge on any atom is -0.497 e. The van der Waals surface area contributed by atoms with E-state index < -0.39 is 38.0 Å². The number of hydrazone groups is 1. The lowest BCUT2D eigenvalue weighted by molar-refractivity contribution is -0.387. The standard InChI is InChI=1S/C31H35N5O9S/c1-43-25-16-17-26(28(18-25)44-2)35(46(41,42)29-11-7-6-10-27(29)36(39)40)20-30(37)34-32-19-22-12-14-24(15-13-22)45-21-31(38)33-23-8-4-3-5-9-23/h6-7,10-19,23H,3-5,8-9,20-21H2,1-2H3,(H,33,38)(H,34,37)/b32-19+. The van der Waals surface area contributed by atoms with E-state index in [1.165, 1.54) is 57.2 Å². The molecular weight excluding hydrogens is 618 g/mol. The lowest BCUT2D eigenvalue weighted by Crippen LogP contribution is -2.40. The Morgan fingerprint density at radius 2 is 1.67 bits per heavy atom. The lowest BCUT2D eigenvalue weighted by Gasteiger charge is -2.25. The number of nitro benzene ring substituents is 1. The molecule has 0 heterocycles. The smallest absolute Gasteiger partial charge is 0.289 e. The van der Waals surface area contributed by atoms with Crippen molar-refractivity contribution in [3.05, 3.63) is 82.4 Å². The van der Waals surface area contributed by atoms with Crippen molar-refractivity contribution in [1.82, 2.24) is 10.7 Å². The van der Waals surface area contributed by atoms with Gasteiger partial charge in [-0.15, -0.1) is 0 Å². The number of amides is 2. The molecule has 0 bridgehead atoms. The van der Waals surface area contributed by atoms with Crippen LogP contribution in [-0.2, 0) is 19.6 Å². The van der Waals surface area contributed by atoms with E-state index in [-0.39, 0.29) is 30.0 Å². The molecule has 1 saturated carbocycles. The molecule has 14 nitrogen and oxygen atoms in total. The molecule has 0 atom stereocenters. The van der Waals surface area contributed by atoms with Crippen LogP contribution in [0, 0.1) is 10.1 Å². The van der Waals surface area contributed by atoms with Gasteiger partial charge in [-0.2, -0.15) is 5.10 Å². The Bertz CT molecular complexity index is 1670. The van der Waals surface area contributed by atoms with Crippen molar-refractivity contribution in [1.29, 1.82) is 0 Å². The summed E-state index contributed by atoms with van der Waals surface area (Å²) in [5.74, 6) is -0.127. The summed E-state index contributed by atoms with van der Waals surface area (Å²) in [6, 6.07) is 15.9. The second-order valence-corrected chi connectivity index (χ2v) is 12.2. The molecule has 1 fully saturated rings. The molecular formula is C31H35N5O9S. The summed E-state index contributed by atoms with van der Waals surface area (Å²) in [4.78, 5) is 35.4. The molecule has 3 aromatic carbocycles. The van der Waals surface area contributed by atoms with E-state index in [0.29, 0.717) is 21.4 Å². The normalized spacial score (nSPS) is 13.5. The first kappa shape index (κ1) is 33.7. The molecule has 2 amide bonds. The summed E-state index contributed by atoms with van der Waals surface area (Å²) in [5, 5.41) is 18.6. The molecule has 0 spiro atoms. The number of benzene rings is 3. The molecule has 15 heteroatoms. The number of hydrogen-bond donors (Lipinski definition) is 2. The van der Waals surface area contributed by atoms with Crippen molar-refractivity contribution in [3.8, 4) is 17.2 Å². The minimum absolute atomic E-state index is 0.0478. The fourth-order valence-corrected chi connectivity index (χ4v) is 6.49. The molecule has 2 N–H and O–H groups in total. The molecule has 244 valence electrons. The summed E-state index contributed by atoms with van der Waals surface area (Å²) < 4.78 is 44.5. The number of para-hydroxylation sites is 1. The number of methoxy groups -OCH3 is 2. The van der Waals surface area contributed by atoms with Crippen molar-refractivity contribution in [2.24, 2.45) is 5.10 Å². The van der Waals surface area contributed by atoms with E-state index in [2.05, 4.69) is 15.8 Å². The molecule has 0 saturated heterocycles. The second-order valence-electron chi connectivity index (χ2n) is 10.3. The Kier molecular flexibility index (Phi) is 11.5. The molecule has 1 aliphatic rings. The molecule has 0 aliphatic heterocycles. The van der Waals surface area contributed by atoms with Gasteiger partial charge >= 0.3 is 0 Å². The largest absolute Gasteiger partial charge is 0.497 e. The number of anilines is 1. The Hall–Kier alpha value is -5.18. The number of carbonyl (C=O) groups is 2. The van der Waals surface area contributed by atoms with Gasteiger partial charge in [0.1, 0.15) is 23.8 Å². The minimum atomic E-state index is -4.66. The van der Waals surface area contributed by atoms with E-state index in [9.17, 15) is 28.1 Å². The number of carbonyl (C=O) groups excluding carboxylic acids is 2. The van der Waals surface area contributed by atoms with Crippen molar-refractivity contribution < 1.29 is 37.1 Å². The monoisotopic (exact) mass is 653 g/mol. The zero-order valence-electron chi connectivity index (χ0n) is 25.4. The predicted molar refractivity (Wildman–Crippen MR) is 170 cm³/mol. The van der Waals surface area contributed by atoms with Crippen molar-refractivity contribution >= 4 is 39.4 Å². The first-order chi connectivity index (χ1) is 22.1. The zero-order chi connectivity index (χ0) is 33.1. The van der Waals surface area contributed by atoms with Crippen LogP contribution < -0.4 is 29.3 Å². The maximum absolute atomic E-state index is 13.8. The Morgan fingerprint density at radius 1 is 0.978 bits per heavy atom. The van der Waals surface area contributed by atoms with Crippen LogP contribution in [0.1, 0.15) is 37.7 Å². The maximum Gasteiger partial charge on any atom is 0.289 e. The number of sulfonamides is 1. The molecule has 1 aliphatic carbocycles. The molecule has 3 aromatic rings. The quantitative estimate of drug-likeness (QED) is 0.149. The van der Waals surface area contributed by atoms with E-state index in [1.807, 2.05) is 0 Å². The van der Waals surface area contributed by atoms with Gasteiger partial charge in [0, 0.05) is 18.2 Å². The fourth-order valence-electron chi connectivity index (χ4n) is 4.90. The van der Waals surface area contributed by atoms with E-state index in [1.54, 1.807) is 24.3 Å². The second kappa shape index (κ2) is 15.7. The highest BCUT2D eigenvalue weighted by Gasteiger charge is 2.34. The van der Waals surface area contributed by atoms with Crippen LogP contribution in [-0.4, -0.2) is 64.8 Å². The summed E-state index contributed by atoms with van der Waals surface area (Å²) in [6.07, 6.45) is 6.73. The molecule has 0 radical (unpaired) electrons. The fraction of sp³-hybridized carbons (Fsp3) is 0.323. The summed E-state index contributed by atoms with van der Waals surface area (Å²) in [5.41, 5.74) is 2.16. The highest BCUT2D eigenvalue weighted by atomic mass is 32.2. The number of ether oxygens (including phenoxy) is 3. The van der Waals surface area contributed by atoms with Crippen LogP contribution in [0.3, 0.4) is 0 Å². The van der Waals surface area contributed by atoms with Crippen molar-refractivity contribution in [3.63, 3.8) is 0 Å². The third-order valence-corrected chi connectivity index (χ3v) is 9.00. The predicted octanol–water partition coefficient (Wildman–Crippen LogP) is 3.79. The van der Waals surface area contributed by atoms with E-state index in [4.69, 9.17) is 14.2 Å². The van der Waals surface area contributed by atoms with E-state index >= 15 is 0 Å². The van der Waals surface area contributed by atoms with Crippen molar-refractivity contribution in [2.45, 2.75) is 43.0 Å². The van der Waals surface area contributed by atoms with Gasteiger partial charge in [0.15, 0.2) is 11.5 Å². The van der Waals surface area contributed by atoms with E-state index in [0.717, 1.165) is 37.8 Å².